The van der Waals surface area contributed by atoms with E-state index in [0.717, 1.165) is 12.0 Å². The van der Waals surface area contributed by atoms with Gasteiger partial charge >= 0.3 is 0 Å². The molecular formula is C29H27Cl2N3O4. The maximum atomic E-state index is 14.4. The van der Waals surface area contributed by atoms with Crippen LogP contribution in [-0.2, 0) is 13.1 Å². The van der Waals surface area contributed by atoms with Gasteiger partial charge in [-0.15, -0.1) is 0 Å². The van der Waals surface area contributed by atoms with Crippen molar-refractivity contribution in [3.63, 3.8) is 0 Å². The molecule has 4 aromatic rings. The quantitative estimate of drug-likeness (QED) is 0.301. The summed E-state index contributed by atoms with van der Waals surface area (Å²) < 4.78 is 12.4. The summed E-state index contributed by atoms with van der Waals surface area (Å²) in [6.45, 7) is 3.33. The van der Waals surface area contributed by atoms with Gasteiger partial charge in [0.05, 0.1) is 24.3 Å². The van der Waals surface area contributed by atoms with Gasteiger partial charge in [-0.05, 0) is 53.8 Å². The van der Waals surface area contributed by atoms with Crippen LogP contribution in [0.25, 0.3) is 22.0 Å². The Hall–Kier alpha value is -3.55. The highest BCUT2D eigenvalue weighted by Crippen LogP contribution is 2.36. The second-order valence-corrected chi connectivity index (χ2v) is 10.3. The highest BCUT2D eigenvalue weighted by Gasteiger charge is 2.30. The van der Waals surface area contributed by atoms with Crippen molar-refractivity contribution < 1.29 is 14.3 Å². The van der Waals surface area contributed by atoms with Crippen molar-refractivity contribution in [1.29, 1.82) is 0 Å². The molecule has 0 N–H and O–H groups in total. The van der Waals surface area contributed by atoms with Crippen LogP contribution in [0.3, 0.4) is 0 Å². The third-order valence-electron chi connectivity index (χ3n) is 6.89. The number of rotatable bonds is 5. The maximum absolute atomic E-state index is 14.4. The summed E-state index contributed by atoms with van der Waals surface area (Å²) in [7, 11) is 3.18. The molecule has 7 nitrogen and oxygen atoms in total. The summed E-state index contributed by atoms with van der Waals surface area (Å²) in [5, 5.41) is 1.35. The number of ether oxygens (including phenoxy) is 2. The van der Waals surface area contributed by atoms with Crippen LogP contribution in [0.1, 0.15) is 29.4 Å². The number of amides is 1. The van der Waals surface area contributed by atoms with Gasteiger partial charge in [0.15, 0.2) is 0 Å². The molecule has 0 unspecified atom stereocenters. The molecule has 9 heteroatoms. The van der Waals surface area contributed by atoms with Gasteiger partial charge in [-0.1, -0.05) is 42.3 Å². The number of fused-ring (bicyclic) bond motifs is 2. The predicted molar refractivity (Wildman–Crippen MR) is 150 cm³/mol. The molecule has 5 rings (SSSR count). The fourth-order valence-electron chi connectivity index (χ4n) is 5.01. The summed E-state index contributed by atoms with van der Waals surface area (Å²) in [6.07, 6.45) is 2.31. The van der Waals surface area contributed by atoms with Crippen LogP contribution in [0.5, 0.6) is 11.5 Å². The minimum Gasteiger partial charge on any atom is -0.497 e. The molecule has 0 radical (unpaired) electrons. The largest absolute Gasteiger partial charge is 0.497 e. The zero-order chi connectivity index (χ0) is 27.0. The van der Waals surface area contributed by atoms with Gasteiger partial charge in [-0.25, -0.2) is 0 Å². The number of hydrogen-bond acceptors (Lipinski definition) is 5. The number of pyridine rings is 2. The van der Waals surface area contributed by atoms with Gasteiger partial charge in [-0.3, -0.25) is 14.6 Å². The van der Waals surface area contributed by atoms with E-state index >= 15 is 0 Å². The second-order valence-electron chi connectivity index (χ2n) is 9.51. The molecule has 1 aliphatic heterocycles. The van der Waals surface area contributed by atoms with Gasteiger partial charge in [0, 0.05) is 42.8 Å². The lowest BCUT2D eigenvalue weighted by atomic mass is 9.95. The van der Waals surface area contributed by atoms with Crippen LogP contribution in [0.4, 0.5) is 0 Å². The Morgan fingerprint density at radius 2 is 1.74 bits per heavy atom. The van der Waals surface area contributed by atoms with E-state index in [-0.39, 0.29) is 17.4 Å². The van der Waals surface area contributed by atoms with E-state index in [1.807, 2.05) is 24.3 Å². The number of hydrogen-bond donors (Lipinski definition) is 0. The van der Waals surface area contributed by atoms with E-state index in [4.69, 9.17) is 32.7 Å². The lowest BCUT2D eigenvalue weighted by Gasteiger charge is -2.32. The van der Waals surface area contributed by atoms with Crippen LogP contribution in [0.15, 0.2) is 59.5 Å². The number of carbonyl (C=O) groups is 1. The van der Waals surface area contributed by atoms with E-state index in [2.05, 4.69) is 11.9 Å². The van der Waals surface area contributed by atoms with E-state index < -0.39 is 0 Å². The molecule has 196 valence electrons. The molecule has 0 spiro atoms. The Balaban J connectivity index is 1.74. The molecular weight excluding hydrogens is 525 g/mol. The Morgan fingerprint density at radius 1 is 1.00 bits per heavy atom. The monoisotopic (exact) mass is 551 g/mol. The molecule has 2 aromatic carbocycles. The first-order valence-electron chi connectivity index (χ1n) is 12.3. The highest BCUT2D eigenvalue weighted by molar-refractivity contribution is 6.42. The van der Waals surface area contributed by atoms with Crippen molar-refractivity contribution in [2.75, 3.05) is 20.8 Å². The van der Waals surface area contributed by atoms with Crippen molar-refractivity contribution in [2.24, 2.45) is 5.92 Å². The average molecular weight is 552 g/mol. The number of benzene rings is 2. The summed E-state index contributed by atoms with van der Waals surface area (Å²) >= 11 is 12.6. The topological polar surface area (TPSA) is 73.7 Å². The SMILES string of the molecule is COc1cc(CN2C[C@H](C)CCn3c(c(-c4ccc(Cl)c(Cl)c4)c4cccnc4c3=O)C2=O)cc(OC)c1. The van der Waals surface area contributed by atoms with Gasteiger partial charge in [0.2, 0.25) is 0 Å². The molecule has 0 bridgehead atoms. The lowest BCUT2D eigenvalue weighted by molar-refractivity contribution is 0.0686. The Morgan fingerprint density at radius 3 is 2.42 bits per heavy atom. The number of carbonyl (C=O) groups excluding carboxylic acids is 1. The standard InChI is InChI=1S/C29H27Cl2N3O4/c1-17-8-10-34-27(29(36)33(15-17)16-18-11-20(37-2)14-21(12-18)38-3)25(19-6-7-23(30)24(31)13-19)22-5-4-9-32-26(22)28(34)35/h4-7,9,11-14,17H,8,10,15-16H2,1-3H3/t17-/m1/s1. The van der Waals surface area contributed by atoms with Crippen LogP contribution >= 0.6 is 23.2 Å². The molecule has 38 heavy (non-hydrogen) atoms. The van der Waals surface area contributed by atoms with Gasteiger partial charge in [0.25, 0.3) is 11.5 Å². The second kappa shape index (κ2) is 10.7. The van der Waals surface area contributed by atoms with Crippen molar-refractivity contribution in [2.45, 2.75) is 26.4 Å². The Kier molecular flexibility index (Phi) is 7.32. The minimum absolute atomic E-state index is 0.166. The number of halogens is 2. The van der Waals surface area contributed by atoms with Gasteiger partial charge in [0.1, 0.15) is 22.7 Å². The number of aromatic nitrogens is 2. The molecule has 3 heterocycles. The fourth-order valence-corrected chi connectivity index (χ4v) is 5.31. The zero-order valence-electron chi connectivity index (χ0n) is 21.3. The average Bonchev–Trinajstić information content (AvgIpc) is 2.92. The van der Waals surface area contributed by atoms with E-state index in [1.165, 1.54) is 0 Å². The van der Waals surface area contributed by atoms with Crippen molar-refractivity contribution in [1.82, 2.24) is 14.5 Å². The summed E-state index contributed by atoms with van der Waals surface area (Å²) in [5.41, 5.74) is 2.49. The van der Waals surface area contributed by atoms with Crippen LogP contribution in [0.2, 0.25) is 10.0 Å². The fraction of sp³-hybridized carbons (Fsp3) is 0.276. The normalized spacial score (nSPS) is 15.7. The summed E-state index contributed by atoms with van der Waals surface area (Å²) in [4.78, 5) is 34.3. The van der Waals surface area contributed by atoms with Crippen molar-refractivity contribution in [3.8, 4) is 22.6 Å². The first-order chi connectivity index (χ1) is 18.3. The number of methoxy groups -OCH3 is 2. The molecule has 1 aliphatic rings. The molecule has 2 aromatic heterocycles. The van der Waals surface area contributed by atoms with E-state index in [1.54, 1.807) is 54.1 Å². The first-order valence-corrected chi connectivity index (χ1v) is 13.0. The third-order valence-corrected chi connectivity index (χ3v) is 7.63. The Labute approximate surface area is 230 Å². The van der Waals surface area contributed by atoms with E-state index in [9.17, 15) is 9.59 Å². The van der Waals surface area contributed by atoms with Crippen LogP contribution < -0.4 is 15.0 Å². The molecule has 0 saturated heterocycles. The zero-order valence-corrected chi connectivity index (χ0v) is 22.8. The maximum Gasteiger partial charge on any atom is 0.277 e. The van der Waals surface area contributed by atoms with E-state index in [0.29, 0.717) is 68.9 Å². The van der Waals surface area contributed by atoms with Crippen LogP contribution in [-0.4, -0.2) is 41.1 Å². The van der Waals surface area contributed by atoms with Gasteiger partial charge < -0.3 is 18.9 Å². The van der Waals surface area contributed by atoms with Crippen molar-refractivity contribution >= 4 is 40.0 Å². The molecule has 1 atom stereocenters. The first kappa shape index (κ1) is 26.1. The lowest BCUT2D eigenvalue weighted by Crippen LogP contribution is -2.41. The smallest absolute Gasteiger partial charge is 0.277 e. The molecule has 0 saturated carbocycles. The summed E-state index contributed by atoms with van der Waals surface area (Å²) in [6, 6.07) is 14.4. The predicted octanol–water partition coefficient (Wildman–Crippen LogP) is 6.07. The van der Waals surface area contributed by atoms with Gasteiger partial charge in [-0.2, -0.15) is 0 Å². The highest BCUT2D eigenvalue weighted by atomic mass is 35.5. The minimum atomic E-state index is -0.287. The number of nitrogens with zero attached hydrogens (tertiary/aromatic N) is 3. The van der Waals surface area contributed by atoms with Crippen molar-refractivity contribution in [3.05, 3.63) is 86.4 Å². The summed E-state index contributed by atoms with van der Waals surface area (Å²) in [5.74, 6) is 1.19. The van der Waals surface area contributed by atoms with Crippen LogP contribution in [0, 0.1) is 5.92 Å². The molecule has 0 fully saturated rings. The third kappa shape index (κ3) is 4.84. The molecule has 0 aliphatic carbocycles. The Bertz CT molecular complexity index is 1580. The molecule has 1 amide bonds.